The maximum atomic E-state index is 11.3. The van der Waals surface area contributed by atoms with Gasteiger partial charge in [-0.3, -0.25) is 19.9 Å². The number of aliphatic carboxylic acids is 1. The second kappa shape index (κ2) is 5.83. The molecule has 0 bridgehead atoms. The minimum atomic E-state index is -0.796. The fourth-order valence-corrected chi connectivity index (χ4v) is 3.10. The van der Waals surface area contributed by atoms with E-state index in [1.165, 1.54) is 12.1 Å². The van der Waals surface area contributed by atoms with Crippen molar-refractivity contribution in [2.24, 2.45) is 5.92 Å². The first-order chi connectivity index (χ1) is 11.0. The largest absolute Gasteiger partial charge is 0.481 e. The van der Waals surface area contributed by atoms with Crippen molar-refractivity contribution in [1.82, 2.24) is 4.98 Å². The summed E-state index contributed by atoms with van der Waals surface area (Å²) in [5.41, 5.74) is 2.32. The van der Waals surface area contributed by atoms with Crippen LogP contribution < -0.4 is 4.90 Å². The van der Waals surface area contributed by atoms with Crippen LogP contribution in [0.3, 0.4) is 0 Å². The molecule has 1 atom stereocenters. The van der Waals surface area contributed by atoms with Crippen LogP contribution in [-0.2, 0) is 4.79 Å². The number of pyridine rings is 1. The molecule has 1 aromatic carbocycles. The predicted octanol–water partition coefficient (Wildman–Crippen LogP) is 2.75. The fraction of sp³-hybridized carbons (Fsp3) is 0.375. The number of benzene rings is 1. The average Bonchev–Trinajstić information content (AvgIpc) is 2.53. The Morgan fingerprint density at radius 1 is 1.43 bits per heavy atom. The normalized spacial score (nSPS) is 18.1. The van der Waals surface area contributed by atoms with Crippen molar-refractivity contribution in [2.45, 2.75) is 19.8 Å². The molecule has 1 aromatic heterocycles. The number of carboxylic acid groups (broad SMARTS) is 1. The lowest BCUT2D eigenvalue weighted by Gasteiger charge is -2.33. The van der Waals surface area contributed by atoms with E-state index in [4.69, 9.17) is 0 Å². The number of carboxylic acids is 1. The van der Waals surface area contributed by atoms with Crippen molar-refractivity contribution in [3.63, 3.8) is 0 Å². The Balaban J connectivity index is 2.09. The average molecular weight is 315 g/mol. The summed E-state index contributed by atoms with van der Waals surface area (Å²) >= 11 is 0. The van der Waals surface area contributed by atoms with E-state index in [1.54, 1.807) is 6.07 Å². The Labute approximate surface area is 132 Å². The lowest BCUT2D eigenvalue weighted by Crippen LogP contribution is -2.38. The van der Waals surface area contributed by atoms with E-state index in [0.717, 1.165) is 24.3 Å². The number of aromatic nitrogens is 1. The van der Waals surface area contributed by atoms with Crippen molar-refractivity contribution >= 4 is 28.2 Å². The quantitative estimate of drug-likeness (QED) is 0.691. The molecule has 0 aliphatic carbocycles. The molecular weight excluding hydrogens is 298 g/mol. The second-order valence-corrected chi connectivity index (χ2v) is 5.86. The molecule has 1 saturated heterocycles. The summed E-state index contributed by atoms with van der Waals surface area (Å²) in [7, 11) is 0. The van der Waals surface area contributed by atoms with Crippen LogP contribution in [0.2, 0.25) is 0 Å². The van der Waals surface area contributed by atoms with E-state index in [-0.39, 0.29) is 5.69 Å². The number of anilines is 1. The van der Waals surface area contributed by atoms with E-state index in [2.05, 4.69) is 4.98 Å². The highest BCUT2D eigenvalue weighted by molar-refractivity contribution is 5.93. The van der Waals surface area contributed by atoms with Gasteiger partial charge < -0.3 is 10.0 Å². The van der Waals surface area contributed by atoms with Gasteiger partial charge >= 0.3 is 5.97 Å². The van der Waals surface area contributed by atoms with Gasteiger partial charge in [-0.1, -0.05) is 0 Å². The number of rotatable bonds is 3. The van der Waals surface area contributed by atoms with Gasteiger partial charge in [0.05, 0.1) is 16.4 Å². The van der Waals surface area contributed by atoms with E-state index in [0.29, 0.717) is 23.9 Å². The Hall–Kier alpha value is -2.70. The molecule has 0 amide bonds. The number of aryl methyl sites for hydroxylation is 1. The molecule has 7 nitrogen and oxygen atoms in total. The topological polar surface area (TPSA) is 96.6 Å². The lowest BCUT2D eigenvalue weighted by molar-refractivity contribution is -0.384. The highest BCUT2D eigenvalue weighted by atomic mass is 16.6. The molecule has 120 valence electrons. The van der Waals surface area contributed by atoms with Crippen LogP contribution in [-0.4, -0.2) is 34.1 Å². The van der Waals surface area contributed by atoms with Crippen molar-refractivity contribution < 1.29 is 14.8 Å². The second-order valence-electron chi connectivity index (χ2n) is 5.86. The monoisotopic (exact) mass is 315 g/mol. The van der Waals surface area contributed by atoms with Gasteiger partial charge in [0.2, 0.25) is 0 Å². The first-order valence-electron chi connectivity index (χ1n) is 7.49. The van der Waals surface area contributed by atoms with Crippen LogP contribution in [0.4, 0.5) is 11.4 Å². The number of piperidine rings is 1. The van der Waals surface area contributed by atoms with Crippen LogP contribution in [0, 0.1) is 23.0 Å². The van der Waals surface area contributed by atoms with Gasteiger partial charge in [0.1, 0.15) is 0 Å². The summed E-state index contributed by atoms with van der Waals surface area (Å²) in [5, 5.41) is 21.0. The summed E-state index contributed by atoms with van der Waals surface area (Å²) < 4.78 is 0. The van der Waals surface area contributed by atoms with E-state index >= 15 is 0 Å². The van der Waals surface area contributed by atoms with Gasteiger partial charge in [-0.15, -0.1) is 0 Å². The molecular formula is C16H17N3O4. The molecule has 1 aliphatic rings. The van der Waals surface area contributed by atoms with Crippen LogP contribution in [0.25, 0.3) is 10.9 Å². The molecule has 2 heterocycles. The van der Waals surface area contributed by atoms with Gasteiger partial charge in [0.25, 0.3) is 5.69 Å². The smallest absolute Gasteiger partial charge is 0.308 e. The van der Waals surface area contributed by atoms with Gasteiger partial charge in [-0.2, -0.15) is 0 Å². The molecule has 7 heteroatoms. The Kier molecular flexibility index (Phi) is 3.85. The van der Waals surface area contributed by atoms with Crippen LogP contribution in [0.1, 0.15) is 18.5 Å². The van der Waals surface area contributed by atoms with Crippen molar-refractivity contribution in [3.8, 4) is 0 Å². The molecule has 3 rings (SSSR count). The molecule has 1 aliphatic heterocycles. The van der Waals surface area contributed by atoms with E-state index in [9.17, 15) is 20.0 Å². The maximum Gasteiger partial charge on any atom is 0.308 e. The molecule has 0 saturated carbocycles. The number of nitro groups is 1. The molecule has 23 heavy (non-hydrogen) atoms. The molecule has 0 radical (unpaired) electrons. The molecule has 0 spiro atoms. The first-order valence-corrected chi connectivity index (χ1v) is 7.49. The van der Waals surface area contributed by atoms with E-state index < -0.39 is 16.8 Å². The number of nitrogens with zero attached hydrogens (tertiary/aromatic N) is 3. The van der Waals surface area contributed by atoms with Crippen LogP contribution in [0.5, 0.6) is 0 Å². The van der Waals surface area contributed by atoms with Gasteiger partial charge in [-0.25, -0.2) is 0 Å². The first kappa shape index (κ1) is 15.2. The lowest BCUT2D eigenvalue weighted by atomic mass is 9.97. The SMILES string of the molecule is Cc1cc(N2CCCC(C(=O)O)C2)c2cc([N+](=O)[O-])ccc2n1. The highest BCUT2D eigenvalue weighted by Gasteiger charge is 2.27. The summed E-state index contributed by atoms with van der Waals surface area (Å²) in [4.78, 5) is 28.3. The zero-order chi connectivity index (χ0) is 16.6. The molecule has 1 N–H and O–H groups in total. The number of carbonyl (C=O) groups is 1. The number of fused-ring (bicyclic) bond motifs is 1. The number of nitro benzene ring substituents is 1. The molecule has 1 fully saturated rings. The van der Waals surface area contributed by atoms with Gasteiger partial charge in [0, 0.05) is 42.0 Å². The summed E-state index contributed by atoms with van der Waals surface area (Å²) in [5.74, 6) is -1.21. The zero-order valence-corrected chi connectivity index (χ0v) is 12.7. The number of hydrogen-bond acceptors (Lipinski definition) is 5. The highest BCUT2D eigenvalue weighted by Crippen LogP contribution is 2.32. The van der Waals surface area contributed by atoms with Gasteiger partial charge in [-0.05, 0) is 31.9 Å². The van der Waals surface area contributed by atoms with Crippen molar-refractivity contribution in [2.75, 3.05) is 18.0 Å². The third-order valence-electron chi connectivity index (χ3n) is 4.22. The minimum absolute atomic E-state index is 0.0104. The van der Waals surface area contributed by atoms with Crippen molar-refractivity contribution in [3.05, 3.63) is 40.1 Å². The predicted molar refractivity (Wildman–Crippen MR) is 85.7 cm³/mol. The maximum absolute atomic E-state index is 11.3. The minimum Gasteiger partial charge on any atom is -0.481 e. The fourth-order valence-electron chi connectivity index (χ4n) is 3.10. The number of hydrogen-bond donors (Lipinski definition) is 1. The Morgan fingerprint density at radius 2 is 2.22 bits per heavy atom. The summed E-state index contributed by atoms with van der Waals surface area (Å²) in [6.07, 6.45) is 1.45. The van der Waals surface area contributed by atoms with Gasteiger partial charge in [0.15, 0.2) is 0 Å². The van der Waals surface area contributed by atoms with Crippen LogP contribution in [0.15, 0.2) is 24.3 Å². The third-order valence-corrected chi connectivity index (χ3v) is 4.22. The summed E-state index contributed by atoms with van der Waals surface area (Å²) in [6, 6.07) is 6.47. The van der Waals surface area contributed by atoms with Crippen molar-refractivity contribution in [1.29, 1.82) is 0 Å². The van der Waals surface area contributed by atoms with Crippen LogP contribution >= 0.6 is 0 Å². The molecule has 2 aromatic rings. The standard InChI is InChI=1S/C16H17N3O4/c1-10-7-15(18-6-2-3-11(9-18)16(20)21)13-8-12(19(22)23)4-5-14(13)17-10/h4-5,7-8,11H,2-3,6,9H2,1H3,(H,20,21). The summed E-state index contributed by atoms with van der Waals surface area (Å²) in [6.45, 7) is 3.02. The number of non-ortho nitro benzene ring substituents is 1. The third kappa shape index (κ3) is 2.94. The zero-order valence-electron chi connectivity index (χ0n) is 12.7. The molecule has 1 unspecified atom stereocenters. The Morgan fingerprint density at radius 3 is 2.91 bits per heavy atom. The Bertz CT molecular complexity index is 790. The van der Waals surface area contributed by atoms with E-state index in [1.807, 2.05) is 17.9 Å².